The predicted octanol–water partition coefficient (Wildman–Crippen LogP) is 1.41. The second-order valence-corrected chi connectivity index (χ2v) is 7.30. The van der Waals surface area contributed by atoms with Gasteiger partial charge in [-0.05, 0) is 36.5 Å². The maximum Gasteiger partial charge on any atom is 0.246 e. The lowest BCUT2D eigenvalue weighted by Crippen LogP contribution is -2.38. The number of aromatic amines is 1. The van der Waals surface area contributed by atoms with E-state index in [1.807, 2.05) is 19.2 Å². The lowest BCUT2D eigenvalue weighted by atomic mass is 9.92. The van der Waals surface area contributed by atoms with Gasteiger partial charge in [-0.3, -0.25) is 5.10 Å². The number of sulfonamides is 1. The highest BCUT2D eigenvalue weighted by atomic mass is 32.2. The first-order chi connectivity index (χ1) is 10.6. The molecule has 0 saturated carbocycles. The van der Waals surface area contributed by atoms with Crippen LogP contribution < -0.4 is 5.32 Å². The number of pyridine rings is 1. The molecular weight excluding hydrogens is 302 g/mol. The van der Waals surface area contributed by atoms with Crippen molar-refractivity contribution in [1.82, 2.24) is 19.5 Å². The van der Waals surface area contributed by atoms with E-state index in [0.717, 1.165) is 24.2 Å². The molecule has 2 N–H and O–H groups in total. The van der Waals surface area contributed by atoms with Crippen molar-refractivity contribution < 1.29 is 8.42 Å². The van der Waals surface area contributed by atoms with E-state index < -0.39 is 10.0 Å². The van der Waals surface area contributed by atoms with E-state index in [0.29, 0.717) is 13.1 Å². The monoisotopic (exact) mass is 321 g/mol. The summed E-state index contributed by atoms with van der Waals surface area (Å²) in [6.07, 6.45) is 6.35. The standard InChI is InChI=1S/C14H19N5O2S/c1-15-14-7-11(4-5-16-14)12-3-2-6-19(10-12)22(20,21)13-8-17-18-9-13/h4-5,7-9,12H,2-3,6,10H2,1H3,(H,15,16)(H,17,18)/t12-/m1/s1. The van der Waals surface area contributed by atoms with E-state index in [1.165, 1.54) is 12.4 Å². The molecule has 0 spiro atoms. The summed E-state index contributed by atoms with van der Waals surface area (Å²) in [5.41, 5.74) is 1.12. The van der Waals surface area contributed by atoms with Gasteiger partial charge in [-0.25, -0.2) is 13.4 Å². The van der Waals surface area contributed by atoms with Gasteiger partial charge in [-0.2, -0.15) is 9.40 Å². The average molecular weight is 321 g/mol. The smallest absolute Gasteiger partial charge is 0.246 e. The normalized spacial score (nSPS) is 20.0. The zero-order chi connectivity index (χ0) is 15.6. The van der Waals surface area contributed by atoms with Crippen molar-refractivity contribution in [3.63, 3.8) is 0 Å². The van der Waals surface area contributed by atoms with Crippen LogP contribution in [0.1, 0.15) is 24.3 Å². The minimum Gasteiger partial charge on any atom is -0.373 e. The van der Waals surface area contributed by atoms with Crippen LogP contribution in [0.3, 0.4) is 0 Å². The fourth-order valence-electron chi connectivity index (χ4n) is 2.80. The lowest BCUT2D eigenvalue weighted by molar-refractivity contribution is 0.315. The number of hydrogen-bond acceptors (Lipinski definition) is 5. The maximum atomic E-state index is 12.6. The minimum absolute atomic E-state index is 0.186. The molecule has 3 heterocycles. The van der Waals surface area contributed by atoms with E-state index in [2.05, 4.69) is 20.5 Å². The molecule has 2 aromatic rings. The fraction of sp³-hybridized carbons (Fsp3) is 0.429. The zero-order valence-electron chi connectivity index (χ0n) is 12.4. The van der Waals surface area contributed by atoms with E-state index in [1.54, 1.807) is 10.5 Å². The number of aromatic nitrogens is 3. The van der Waals surface area contributed by atoms with Gasteiger partial charge in [0.15, 0.2) is 0 Å². The molecule has 0 bridgehead atoms. The maximum absolute atomic E-state index is 12.6. The fourth-order valence-corrected chi connectivity index (χ4v) is 4.23. The Bertz CT molecular complexity index is 729. The molecule has 3 rings (SSSR count). The van der Waals surface area contributed by atoms with E-state index in [4.69, 9.17) is 0 Å². The second kappa shape index (κ2) is 6.05. The molecule has 1 fully saturated rings. The van der Waals surface area contributed by atoms with Crippen molar-refractivity contribution in [2.45, 2.75) is 23.7 Å². The number of nitrogens with one attached hydrogen (secondary N) is 2. The van der Waals surface area contributed by atoms with Crippen LogP contribution in [0, 0.1) is 0 Å². The van der Waals surface area contributed by atoms with E-state index in [9.17, 15) is 8.42 Å². The van der Waals surface area contributed by atoms with Crippen molar-refractivity contribution in [3.05, 3.63) is 36.3 Å². The molecule has 1 atom stereocenters. The van der Waals surface area contributed by atoms with Gasteiger partial charge in [-0.15, -0.1) is 0 Å². The summed E-state index contributed by atoms with van der Waals surface area (Å²) in [7, 11) is -1.64. The molecule has 0 aliphatic carbocycles. The van der Waals surface area contributed by atoms with Crippen LogP contribution in [0.4, 0.5) is 5.82 Å². The summed E-state index contributed by atoms with van der Waals surface area (Å²) < 4.78 is 26.7. The quantitative estimate of drug-likeness (QED) is 0.888. The van der Waals surface area contributed by atoms with Crippen molar-refractivity contribution in [2.75, 3.05) is 25.5 Å². The first-order valence-electron chi connectivity index (χ1n) is 7.24. The van der Waals surface area contributed by atoms with Crippen molar-refractivity contribution in [1.29, 1.82) is 0 Å². The molecule has 22 heavy (non-hydrogen) atoms. The summed E-state index contributed by atoms with van der Waals surface area (Å²) in [6.45, 7) is 1.04. The van der Waals surface area contributed by atoms with Crippen LogP contribution in [0.2, 0.25) is 0 Å². The first-order valence-corrected chi connectivity index (χ1v) is 8.68. The van der Waals surface area contributed by atoms with Gasteiger partial charge in [0.25, 0.3) is 0 Å². The Morgan fingerprint density at radius 3 is 3.05 bits per heavy atom. The Labute approximate surface area is 129 Å². The van der Waals surface area contributed by atoms with Crippen LogP contribution in [0.15, 0.2) is 35.6 Å². The van der Waals surface area contributed by atoms with Crippen LogP contribution in [0.25, 0.3) is 0 Å². The highest BCUT2D eigenvalue weighted by Crippen LogP contribution is 2.30. The van der Waals surface area contributed by atoms with E-state index in [-0.39, 0.29) is 10.8 Å². The lowest BCUT2D eigenvalue weighted by Gasteiger charge is -2.31. The molecule has 0 radical (unpaired) electrons. The molecule has 1 aliphatic heterocycles. The van der Waals surface area contributed by atoms with Crippen molar-refractivity contribution in [3.8, 4) is 0 Å². The summed E-state index contributed by atoms with van der Waals surface area (Å²) in [4.78, 5) is 4.43. The van der Waals surface area contributed by atoms with Gasteiger partial charge in [-0.1, -0.05) is 0 Å². The summed E-state index contributed by atoms with van der Waals surface area (Å²) >= 11 is 0. The molecule has 1 aliphatic rings. The number of H-pyrrole nitrogens is 1. The Morgan fingerprint density at radius 2 is 2.32 bits per heavy atom. The summed E-state index contributed by atoms with van der Waals surface area (Å²) in [5, 5.41) is 9.31. The molecule has 2 aromatic heterocycles. The largest absolute Gasteiger partial charge is 0.373 e. The third-order valence-corrected chi connectivity index (χ3v) is 5.84. The number of hydrogen-bond donors (Lipinski definition) is 2. The van der Waals surface area contributed by atoms with Crippen LogP contribution in [-0.4, -0.2) is 48.0 Å². The van der Waals surface area contributed by atoms with Crippen LogP contribution in [0.5, 0.6) is 0 Å². The van der Waals surface area contributed by atoms with Crippen molar-refractivity contribution in [2.24, 2.45) is 0 Å². The summed E-state index contributed by atoms with van der Waals surface area (Å²) in [5.74, 6) is 0.984. The molecule has 0 amide bonds. The number of anilines is 1. The Kier molecular flexibility index (Phi) is 4.12. The molecule has 8 heteroatoms. The number of nitrogens with zero attached hydrogens (tertiary/aromatic N) is 3. The second-order valence-electron chi connectivity index (χ2n) is 5.36. The molecule has 1 saturated heterocycles. The van der Waals surface area contributed by atoms with Gasteiger partial charge < -0.3 is 5.32 Å². The Balaban J connectivity index is 1.82. The average Bonchev–Trinajstić information content (AvgIpc) is 3.10. The molecular formula is C14H19N5O2S. The first kappa shape index (κ1) is 15.0. The minimum atomic E-state index is -3.47. The summed E-state index contributed by atoms with van der Waals surface area (Å²) in [6, 6.07) is 3.94. The SMILES string of the molecule is CNc1cc([C@@H]2CCCN(S(=O)(=O)c3cn[nH]c3)C2)ccn1. The molecule has 118 valence electrons. The van der Waals surface area contributed by atoms with Gasteiger partial charge >= 0.3 is 0 Å². The van der Waals surface area contributed by atoms with Crippen molar-refractivity contribution >= 4 is 15.8 Å². The molecule has 0 unspecified atom stereocenters. The number of piperidine rings is 1. The molecule has 0 aromatic carbocycles. The predicted molar refractivity (Wildman–Crippen MR) is 83.1 cm³/mol. The van der Waals surface area contributed by atoms with Gasteiger partial charge in [0.1, 0.15) is 10.7 Å². The van der Waals surface area contributed by atoms with Gasteiger partial charge in [0.2, 0.25) is 10.0 Å². The zero-order valence-corrected chi connectivity index (χ0v) is 13.2. The highest BCUT2D eigenvalue weighted by molar-refractivity contribution is 7.89. The Morgan fingerprint density at radius 1 is 1.45 bits per heavy atom. The van der Waals surface area contributed by atoms with Gasteiger partial charge in [0.05, 0.1) is 6.20 Å². The van der Waals surface area contributed by atoms with E-state index >= 15 is 0 Å². The van der Waals surface area contributed by atoms with Gasteiger partial charge in [0, 0.05) is 32.5 Å². The third kappa shape index (κ3) is 2.84. The highest BCUT2D eigenvalue weighted by Gasteiger charge is 2.31. The van der Waals surface area contributed by atoms with Crippen LogP contribution in [-0.2, 0) is 10.0 Å². The Hall–Kier alpha value is -1.93. The number of rotatable bonds is 4. The van der Waals surface area contributed by atoms with Crippen LogP contribution >= 0.6 is 0 Å². The topological polar surface area (TPSA) is 91.0 Å². The third-order valence-electron chi connectivity index (χ3n) is 4.01. The molecule has 7 nitrogen and oxygen atoms in total.